The van der Waals surface area contributed by atoms with Crippen molar-refractivity contribution in [2.45, 2.75) is 188 Å². The Bertz CT molecular complexity index is 2450. The molecule has 0 radical (unpaired) electrons. The van der Waals surface area contributed by atoms with E-state index in [-0.39, 0.29) is 10.8 Å². The van der Waals surface area contributed by atoms with Crippen LogP contribution in [0.1, 0.15) is 192 Å². The Hall–Kier alpha value is -4.68. The van der Waals surface area contributed by atoms with Gasteiger partial charge in [-0.1, -0.05) is 219 Å². The van der Waals surface area contributed by atoms with Gasteiger partial charge in [-0.3, -0.25) is 0 Å². The minimum absolute atomic E-state index is 0.115. The first kappa shape index (κ1) is 60.4. The first-order valence-electron chi connectivity index (χ1n) is 26.2. The van der Waals surface area contributed by atoms with Gasteiger partial charge in [0.2, 0.25) is 11.7 Å². The number of fused-ring (bicyclic) bond motifs is 2. The van der Waals surface area contributed by atoms with Gasteiger partial charge in [0, 0.05) is 34.8 Å². The highest BCUT2D eigenvalue weighted by atomic mass is 32.1. The number of alkyl halides is 3. The van der Waals surface area contributed by atoms with Crippen LogP contribution in [0.25, 0.3) is 33.5 Å². The maximum Gasteiger partial charge on any atom is 0.412 e. The fourth-order valence-corrected chi connectivity index (χ4v) is 9.07. The molecule has 2 aromatic rings. The molecule has 1 unspecified atom stereocenters. The highest BCUT2D eigenvalue weighted by Crippen LogP contribution is 2.39. The molecule has 1 aromatic heterocycles. The third-order valence-corrected chi connectivity index (χ3v) is 13.5. The summed E-state index contributed by atoms with van der Waals surface area (Å²) in [6.45, 7) is 37.5. The van der Waals surface area contributed by atoms with Gasteiger partial charge >= 0.3 is 6.18 Å². The van der Waals surface area contributed by atoms with Gasteiger partial charge in [-0.25, -0.2) is 0 Å². The Kier molecular flexibility index (Phi) is 25.3. The summed E-state index contributed by atoms with van der Waals surface area (Å²) in [6.07, 6.45) is 30.2. The number of nitrogens with zero attached hydrogens (tertiary/aromatic N) is 2. The van der Waals surface area contributed by atoms with Crippen molar-refractivity contribution in [1.82, 2.24) is 3.79 Å². The summed E-state index contributed by atoms with van der Waals surface area (Å²) >= 11 is 1.85. The molecule has 2 aliphatic carbocycles. The Labute approximate surface area is 423 Å². The Morgan fingerprint density at radius 3 is 2.04 bits per heavy atom. The predicted molar refractivity (Wildman–Crippen MR) is 301 cm³/mol. The number of hydrogen-bond acceptors (Lipinski definition) is 1. The maximum absolute atomic E-state index is 11.9. The summed E-state index contributed by atoms with van der Waals surface area (Å²) in [5.74, 6) is 0.565. The van der Waals surface area contributed by atoms with Gasteiger partial charge in [0.15, 0.2) is 11.2 Å². The highest BCUT2D eigenvalue weighted by molar-refractivity contribution is 6.96. The second-order valence-electron chi connectivity index (χ2n) is 19.2. The average Bonchev–Trinajstić information content (AvgIpc) is 3.61. The van der Waals surface area contributed by atoms with Gasteiger partial charge in [-0.2, -0.15) is 13.2 Å². The molecule has 6 rings (SSSR count). The van der Waals surface area contributed by atoms with Crippen LogP contribution in [0.4, 0.5) is 13.2 Å². The first-order chi connectivity index (χ1) is 32.8. The molecule has 378 valence electrons. The van der Waals surface area contributed by atoms with Crippen LogP contribution in [0.2, 0.25) is 0 Å². The average molecular weight is 964 g/mol. The van der Waals surface area contributed by atoms with E-state index in [2.05, 4.69) is 173 Å². The van der Waals surface area contributed by atoms with Crippen LogP contribution >= 0.6 is 11.7 Å². The van der Waals surface area contributed by atoms with E-state index in [1.165, 1.54) is 79.6 Å². The molecule has 2 nitrogen and oxygen atoms in total. The molecule has 0 saturated heterocycles. The molecular formula is C63H90F3N2S+. The van der Waals surface area contributed by atoms with E-state index in [0.29, 0.717) is 5.92 Å². The molecular weight excluding hydrogens is 874 g/mol. The van der Waals surface area contributed by atoms with Gasteiger partial charge < -0.3 is 0 Å². The first-order valence-corrected chi connectivity index (χ1v) is 26.9. The minimum Gasteiger partial charge on any atom is -0.166 e. The minimum atomic E-state index is -4.19. The van der Waals surface area contributed by atoms with E-state index < -0.39 is 11.7 Å². The SMILES string of the molecule is CC.CC.CC.CC/C(C)=C/C=C(\C)C(F)(F)F.CC/C=C(\C=C/Cc1cc(C2=CCCC(C(C)(C)C)C=C2)c2cc3c(-c4ccc(C(C)(C)C)cc4)cc(C4=CC=C(CC)C=CC4)[n+]-3sn12)CC. The summed E-state index contributed by atoms with van der Waals surface area (Å²) in [4.78, 5) is 0. The molecule has 1 aromatic carbocycles. The molecule has 0 N–H and O–H groups in total. The standard InChI is InChI=1S/C48H59N2S.C9H13F3.3C2H6/c1-10-16-34(11-2)18-14-22-41-31-42(36-19-15-21-39(28-25-36)47(4,5)6)45-33-46-43(37-26-29-40(30-27-37)48(7,8)9)32-44(50(46)51-49(41)45)38-20-13-17-35(12-3)23-24-38;1-4-7(2)5-6-8(3)9(10,11)12;3*1-2/h13-14,16-19,23-33,39H,10-12,15,20-22H2,1-9H3;5-6H,4H2,1-3H3;3*1-2H3/q+1;;;;/b18-14-,34-16-;7-5+,8-6+;;;. The van der Waals surface area contributed by atoms with Crippen molar-refractivity contribution in [3.8, 4) is 16.8 Å². The molecule has 4 aliphatic rings. The van der Waals surface area contributed by atoms with Crippen LogP contribution in [0.15, 0.2) is 138 Å². The van der Waals surface area contributed by atoms with E-state index >= 15 is 0 Å². The van der Waals surface area contributed by atoms with Gasteiger partial charge in [-0.15, -0.1) is 7.75 Å². The normalized spacial score (nSPS) is 15.9. The van der Waals surface area contributed by atoms with Gasteiger partial charge in [0.25, 0.3) is 0 Å². The molecule has 0 fully saturated rings. The van der Waals surface area contributed by atoms with Crippen LogP contribution < -0.4 is 3.96 Å². The van der Waals surface area contributed by atoms with Crippen molar-refractivity contribution >= 4 is 28.4 Å². The smallest absolute Gasteiger partial charge is 0.166 e. The lowest BCUT2D eigenvalue weighted by atomic mass is 9.78. The van der Waals surface area contributed by atoms with Crippen molar-refractivity contribution in [1.29, 1.82) is 0 Å². The fourth-order valence-electron chi connectivity index (χ4n) is 7.94. The molecule has 69 heavy (non-hydrogen) atoms. The number of benzene rings is 1. The van der Waals surface area contributed by atoms with Gasteiger partial charge in [0.05, 0.1) is 0 Å². The quantitative estimate of drug-likeness (QED) is 0.105. The molecule has 3 heterocycles. The number of aromatic nitrogens is 2. The van der Waals surface area contributed by atoms with Crippen LogP contribution in [0, 0.1) is 11.3 Å². The third-order valence-electron chi connectivity index (χ3n) is 12.4. The molecule has 0 bridgehead atoms. The largest absolute Gasteiger partial charge is 0.412 e. The zero-order valence-electron chi connectivity index (χ0n) is 46.1. The van der Waals surface area contributed by atoms with Gasteiger partial charge in [-0.05, 0) is 110 Å². The number of rotatable bonds is 11. The highest BCUT2D eigenvalue weighted by Gasteiger charge is 2.31. The van der Waals surface area contributed by atoms with Crippen molar-refractivity contribution in [3.05, 3.63) is 160 Å². The van der Waals surface area contributed by atoms with Crippen LogP contribution in [0.3, 0.4) is 0 Å². The molecule has 1 atom stereocenters. The molecule has 0 spiro atoms. The van der Waals surface area contributed by atoms with Crippen LogP contribution in [-0.4, -0.2) is 9.97 Å². The molecule has 2 aliphatic heterocycles. The van der Waals surface area contributed by atoms with Crippen molar-refractivity contribution in [2.75, 3.05) is 0 Å². The van der Waals surface area contributed by atoms with Crippen LogP contribution in [0.5, 0.6) is 0 Å². The van der Waals surface area contributed by atoms with E-state index in [4.69, 9.17) is 0 Å². The Morgan fingerprint density at radius 2 is 1.48 bits per heavy atom. The van der Waals surface area contributed by atoms with E-state index in [1.807, 2.05) is 60.2 Å². The fraction of sp³-hybridized carbons (Fsp3) is 0.476. The Balaban J connectivity index is 0.000000781. The maximum atomic E-state index is 11.9. The Morgan fingerprint density at radius 1 is 0.812 bits per heavy atom. The lowest BCUT2D eigenvalue weighted by molar-refractivity contribution is -0.522. The summed E-state index contributed by atoms with van der Waals surface area (Å²) in [5, 5.41) is 0. The summed E-state index contributed by atoms with van der Waals surface area (Å²) in [5.41, 5.74) is 16.7. The van der Waals surface area contributed by atoms with E-state index in [9.17, 15) is 13.2 Å². The van der Waals surface area contributed by atoms with Crippen molar-refractivity contribution < 1.29 is 17.1 Å². The monoisotopic (exact) mass is 964 g/mol. The molecule has 0 saturated carbocycles. The van der Waals surface area contributed by atoms with E-state index in [0.717, 1.165) is 63.5 Å². The lowest BCUT2D eigenvalue weighted by Crippen LogP contribution is -2.31. The zero-order chi connectivity index (χ0) is 52.1. The number of hydrogen-bond donors (Lipinski definition) is 0. The molecule has 0 amide bonds. The number of allylic oxidation sites excluding steroid dienone is 18. The topological polar surface area (TPSA) is 8.29 Å². The summed E-state index contributed by atoms with van der Waals surface area (Å²) < 4.78 is 40.7. The second-order valence-corrected chi connectivity index (χ2v) is 20.1. The van der Waals surface area contributed by atoms with Gasteiger partial charge in [0.1, 0.15) is 11.4 Å². The third kappa shape index (κ3) is 17.3. The van der Waals surface area contributed by atoms with E-state index in [1.54, 1.807) is 6.92 Å². The summed E-state index contributed by atoms with van der Waals surface area (Å²) in [7, 11) is 0. The molecule has 6 heteroatoms. The number of halogens is 3. The summed E-state index contributed by atoms with van der Waals surface area (Å²) in [6, 6.07) is 16.7. The van der Waals surface area contributed by atoms with Crippen LogP contribution in [-0.2, 0) is 11.8 Å². The zero-order valence-corrected chi connectivity index (χ0v) is 47.0. The second kappa shape index (κ2) is 28.9. The predicted octanol–water partition coefficient (Wildman–Crippen LogP) is 20.5. The lowest BCUT2D eigenvalue weighted by Gasteiger charge is -2.27. The van der Waals surface area contributed by atoms with Crippen molar-refractivity contribution in [2.24, 2.45) is 11.3 Å². The van der Waals surface area contributed by atoms with Crippen molar-refractivity contribution in [3.63, 3.8) is 0 Å².